The minimum absolute atomic E-state index is 0.00407. The van der Waals surface area contributed by atoms with Crippen LogP contribution in [0.3, 0.4) is 0 Å². The van der Waals surface area contributed by atoms with Gasteiger partial charge in [-0.15, -0.1) is 0 Å². The van der Waals surface area contributed by atoms with Crippen LogP contribution in [-0.4, -0.2) is 20.4 Å². The van der Waals surface area contributed by atoms with Crippen molar-refractivity contribution in [3.8, 4) is 0 Å². The summed E-state index contributed by atoms with van der Waals surface area (Å²) in [5, 5.41) is 10.5. The fourth-order valence-corrected chi connectivity index (χ4v) is 1.47. The van der Waals surface area contributed by atoms with E-state index in [2.05, 4.69) is 4.98 Å². The molecule has 0 saturated heterocycles. The minimum Gasteiger partial charge on any atom is -0.314 e. The fraction of sp³-hybridized carbons (Fsp3) is 0. The highest BCUT2D eigenvalue weighted by Crippen LogP contribution is 2.12. The zero-order chi connectivity index (χ0) is 14.0. The monoisotopic (exact) mass is 261 g/mol. The third-order valence-electron chi connectivity index (χ3n) is 2.38. The quantitative estimate of drug-likeness (QED) is 0.609. The summed E-state index contributed by atoms with van der Waals surface area (Å²) in [4.78, 5) is 46.8. The molecule has 96 valence electrons. The molecule has 0 spiro atoms. The van der Waals surface area contributed by atoms with Crippen molar-refractivity contribution in [3.05, 3.63) is 73.0 Å². The van der Waals surface area contributed by atoms with Gasteiger partial charge in [0.2, 0.25) is 0 Å². The van der Waals surface area contributed by atoms with E-state index in [0.29, 0.717) is 4.57 Å². The number of carbonyl (C=O) groups excluding carboxylic acids is 1. The molecule has 1 aromatic heterocycles. The van der Waals surface area contributed by atoms with Crippen LogP contribution in [0.5, 0.6) is 0 Å². The zero-order valence-electron chi connectivity index (χ0n) is 9.40. The van der Waals surface area contributed by atoms with Crippen LogP contribution in [0.1, 0.15) is 10.4 Å². The van der Waals surface area contributed by atoms with Gasteiger partial charge in [-0.2, -0.15) is 4.57 Å². The van der Waals surface area contributed by atoms with Gasteiger partial charge >= 0.3 is 5.69 Å². The molecule has 0 bridgehead atoms. The third kappa shape index (κ3) is 2.32. The predicted octanol–water partition coefficient (Wildman–Crippen LogP) is 0.133. The first-order chi connectivity index (χ1) is 9.00. The molecule has 8 nitrogen and oxygen atoms in total. The largest absolute Gasteiger partial charge is 0.335 e. The summed E-state index contributed by atoms with van der Waals surface area (Å²) in [5.41, 5.74) is -1.82. The fourth-order valence-electron chi connectivity index (χ4n) is 1.47. The number of nitrogens with one attached hydrogen (secondary N) is 1. The summed E-state index contributed by atoms with van der Waals surface area (Å²) < 4.78 is 0.418. The number of rotatable bonds is 2. The number of nitro groups is 1. The number of H-pyrrole nitrogens is 1. The van der Waals surface area contributed by atoms with Gasteiger partial charge in [0.05, 0.1) is 4.92 Å². The summed E-state index contributed by atoms with van der Waals surface area (Å²) in [6.07, 6.45) is 1.13. The smallest absolute Gasteiger partial charge is 0.314 e. The van der Waals surface area contributed by atoms with Crippen molar-refractivity contribution in [1.82, 2.24) is 9.55 Å². The molecule has 1 heterocycles. The van der Waals surface area contributed by atoms with Crippen LogP contribution >= 0.6 is 0 Å². The predicted molar refractivity (Wildman–Crippen MR) is 64.1 cm³/mol. The zero-order valence-corrected chi connectivity index (χ0v) is 9.40. The maximum atomic E-state index is 11.9. The van der Waals surface area contributed by atoms with E-state index >= 15 is 0 Å². The Morgan fingerprint density at radius 2 is 1.79 bits per heavy atom. The summed E-state index contributed by atoms with van der Waals surface area (Å²) in [7, 11) is 0. The molecule has 0 amide bonds. The van der Waals surface area contributed by atoms with Gasteiger partial charge in [0.15, 0.2) is 0 Å². The normalized spacial score (nSPS) is 10.1. The van der Waals surface area contributed by atoms with E-state index in [0.717, 1.165) is 24.4 Å². The number of non-ortho nitro benzene ring substituents is 1. The number of carbonyl (C=O) groups is 1. The average molecular weight is 261 g/mol. The van der Waals surface area contributed by atoms with Gasteiger partial charge in [-0.25, -0.2) is 4.79 Å². The second kappa shape index (κ2) is 4.69. The second-order valence-electron chi connectivity index (χ2n) is 3.57. The van der Waals surface area contributed by atoms with Crippen molar-refractivity contribution in [2.24, 2.45) is 0 Å². The maximum Gasteiger partial charge on any atom is 0.335 e. The Hall–Kier alpha value is -3.03. The van der Waals surface area contributed by atoms with Crippen molar-refractivity contribution in [2.45, 2.75) is 0 Å². The van der Waals surface area contributed by atoms with Gasteiger partial charge in [-0.3, -0.25) is 19.7 Å². The molecule has 1 aromatic carbocycles. The van der Waals surface area contributed by atoms with Crippen molar-refractivity contribution in [2.75, 3.05) is 0 Å². The first kappa shape index (κ1) is 12.4. The first-order valence-electron chi connectivity index (χ1n) is 5.10. The molecule has 0 unspecified atom stereocenters. The van der Waals surface area contributed by atoms with Gasteiger partial charge < -0.3 is 4.98 Å². The van der Waals surface area contributed by atoms with E-state index in [1.54, 1.807) is 0 Å². The van der Waals surface area contributed by atoms with Crippen molar-refractivity contribution < 1.29 is 9.72 Å². The van der Waals surface area contributed by atoms with E-state index in [1.165, 1.54) is 12.1 Å². The lowest BCUT2D eigenvalue weighted by Crippen LogP contribution is -2.39. The molecule has 19 heavy (non-hydrogen) atoms. The van der Waals surface area contributed by atoms with Gasteiger partial charge in [-0.1, -0.05) is 0 Å². The number of aromatic nitrogens is 2. The molecular formula is C11H7N3O5. The molecular weight excluding hydrogens is 254 g/mol. The SMILES string of the molecule is O=C(c1ccc([N+](=O)[O-])cc1)n1c(=O)cc[nH]c1=O. The number of nitrogens with zero attached hydrogens (tertiary/aromatic N) is 2. The Labute approximate surface area is 105 Å². The van der Waals surface area contributed by atoms with Gasteiger partial charge in [-0.05, 0) is 12.1 Å². The van der Waals surface area contributed by atoms with Crippen molar-refractivity contribution in [1.29, 1.82) is 0 Å². The van der Waals surface area contributed by atoms with Gasteiger partial charge in [0.1, 0.15) is 0 Å². The Balaban J connectivity index is 2.48. The molecule has 0 aliphatic rings. The van der Waals surface area contributed by atoms with Crippen molar-refractivity contribution >= 4 is 11.6 Å². The van der Waals surface area contributed by atoms with Crippen LogP contribution in [-0.2, 0) is 0 Å². The summed E-state index contributed by atoms with van der Waals surface area (Å²) in [5.74, 6) is -0.846. The first-order valence-corrected chi connectivity index (χ1v) is 5.10. The molecule has 0 radical (unpaired) electrons. The van der Waals surface area contributed by atoms with Gasteiger partial charge in [0.25, 0.3) is 17.2 Å². The average Bonchev–Trinajstić information content (AvgIpc) is 2.38. The summed E-state index contributed by atoms with van der Waals surface area (Å²) in [6.45, 7) is 0. The Morgan fingerprint density at radius 1 is 1.16 bits per heavy atom. The van der Waals surface area contributed by atoms with E-state index < -0.39 is 22.1 Å². The topological polar surface area (TPSA) is 115 Å². The lowest BCUT2D eigenvalue weighted by Gasteiger charge is -2.02. The number of aromatic amines is 1. The van der Waals surface area contributed by atoms with Crippen molar-refractivity contribution in [3.63, 3.8) is 0 Å². The summed E-state index contributed by atoms with van der Waals surface area (Å²) >= 11 is 0. The molecule has 2 aromatic rings. The number of benzene rings is 1. The maximum absolute atomic E-state index is 11.9. The molecule has 2 rings (SSSR count). The van der Waals surface area contributed by atoms with E-state index in [-0.39, 0.29) is 11.3 Å². The summed E-state index contributed by atoms with van der Waals surface area (Å²) in [6, 6.07) is 5.63. The van der Waals surface area contributed by atoms with E-state index in [1.807, 2.05) is 0 Å². The molecule has 0 fully saturated rings. The van der Waals surface area contributed by atoms with Crippen LogP contribution in [0.15, 0.2) is 46.1 Å². The highest BCUT2D eigenvalue weighted by Gasteiger charge is 2.14. The number of nitro benzene ring substituents is 1. The Bertz CT molecular complexity index is 729. The lowest BCUT2D eigenvalue weighted by molar-refractivity contribution is -0.384. The lowest BCUT2D eigenvalue weighted by atomic mass is 10.2. The molecule has 1 N–H and O–H groups in total. The molecule has 0 saturated carbocycles. The molecule has 8 heteroatoms. The van der Waals surface area contributed by atoms with Crippen LogP contribution in [0.4, 0.5) is 5.69 Å². The number of hydrogen-bond donors (Lipinski definition) is 1. The third-order valence-corrected chi connectivity index (χ3v) is 2.38. The number of hydrogen-bond acceptors (Lipinski definition) is 5. The van der Waals surface area contributed by atoms with E-state index in [4.69, 9.17) is 0 Å². The van der Waals surface area contributed by atoms with E-state index in [9.17, 15) is 24.5 Å². The molecule has 0 aliphatic carbocycles. The second-order valence-corrected chi connectivity index (χ2v) is 3.57. The van der Waals surface area contributed by atoms with Crippen LogP contribution in [0.2, 0.25) is 0 Å². The minimum atomic E-state index is -0.865. The standard InChI is InChI=1S/C11H7N3O5/c15-9-5-6-12-11(17)13(9)10(16)7-1-3-8(4-2-7)14(18)19/h1-6H,(H,12,17). The van der Waals surface area contributed by atoms with Crippen LogP contribution in [0, 0.1) is 10.1 Å². The van der Waals surface area contributed by atoms with Gasteiger partial charge in [0, 0.05) is 30.0 Å². The highest BCUT2D eigenvalue weighted by molar-refractivity contribution is 5.95. The Kier molecular flexibility index (Phi) is 3.06. The molecule has 0 aliphatic heterocycles. The van der Waals surface area contributed by atoms with Crippen LogP contribution in [0.25, 0.3) is 0 Å². The molecule has 0 atom stereocenters. The highest BCUT2D eigenvalue weighted by atomic mass is 16.6. The Morgan fingerprint density at radius 3 is 2.32 bits per heavy atom. The van der Waals surface area contributed by atoms with Crippen LogP contribution < -0.4 is 11.2 Å².